The molecule has 4 nitrogen and oxygen atoms in total. The second-order valence-electron chi connectivity index (χ2n) is 5.11. The van der Waals surface area contributed by atoms with Gasteiger partial charge in [0.2, 0.25) is 0 Å². The molecule has 0 aromatic heterocycles. The molecule has 0 spiro atoms. The van der Waals surface area contributed by atoms with Gasteiger partial charge in [-0.05, 0) is 41.9 Å². The number of anilines is 1. The second-order valence-corrected chi connectivity index (χ2v) is 5.96. The molecule has 20 heavy (non-hydrogen) atoms. The number of nitrogens with two attached hydrogens (primary N) is 1. The lowest BCUT2D eigenvalue weighted by molar-refractivity contribution is -0.0855. The van der Waals surface area contributed by atoms with Gasteiger partial charge >= 0.3 is 5.97 Å². The van der Waals surface area contributed by atoms with Crippen molar-refractivity contribution < 1.29 is 18.7 Å². The Balaban J connectivity index is 2.10. The van der Waals surface area contributed by atoms with Crippen LogP contribution in [0.25, 0.3) is 0 Å². The van der Waals surface area contributed by atoms with Crippen LogP contribution >= 0.6 is 15.9 Å². The lowest BCUT2D eigenvalue weighted by atomic mass is 10.0. The summed E-state index contributed by atoms with van der Waals surface area (Å²) in [6.07, 6.45) is 1.23. The Morgan fingerprint density at radius 3 is 2.60 bits per heavy atom. The van der Waals surface area contributed by atoms with E-state index >= 15 is 0 Å². The molecule has 1 aromatic carbocycles. The van der Waals surface area contributed by atoms with Gasteiger partial charge in [0.25, 0.3) is 0 Å². The lowest BCUT2D eigenvalue weighted by Crippen LogP contribution is -2.35. The number of benzene rings is 1. The number of carbonyl (C=O) groups excluding carboxylic acids is 1. The quantitative estimate of drug-likeness (QED) is 0.659. The fourth-order valence-corrected chi connectivity index (χ4v) is 2.85. The van der Waals surface area contributed by atoms with Gasteiger partial charge in [-0.25, -0.2) is 9.18 Å². The van der Waals surface area contributed by atoms with Crippen LogP contribution in [-0.2, 0) is 9.47 Å². The molecule has 2 rings (SSSR count). The molecule has 2 atom stereocenters. The molecule has 1 aliphatic heterocycles. The Kier molecular flexibility index (Phi) is 4.65. The van der Waals surface area contributed by atoms with Gasteiger partial charge in [0.15, 0.2) is 0 Å². The molecular formula is C14H17BrFNO3. The van der Waals surface area contributed by atoms with Crippen LogP contribution in [0, 0.1) is 5.82 Å². The van der Waals surface area contributed by atoms with E-state index in [2.05, 4.69) is 15.9 Å². The topological polar surface area (TPSA) is 61.5 Å². The number of esters is 1. The van der Waals surface area contributed by atoms with Crippen molar-refractivity contribution in [3.8, 4) is 0 Å². The molecule has 0 amide bonds. The standard InChI is InChI=1S/C14H17BrFNO3/c1-7-3-9(4-8(2)19-7)20-14(18)10-5-13(17)12(16)6-11(10)15/h5-9H,3-4,17H2,1-2H3. The maximum Gasteiger partial charge on any atom is 0.339 e. The number of hydrogen-bond acceptors (Lipinski definition) is 4. The van der Waals surface area contributed by atoms with E-state index in [1.807, 2.05) is 13.8 Å². The van der Waals surface area contributed by atoms with E-state index in [4.69, 9.17) is 15.2 Å². The number of ether oxygens (including phenoxy) is 2. The van der Waals surface area contributed by atoms with Crippen molar-refractivity contribution in [2.24, 2.45) is 0 Å². The summed E-state index contributed by atoms with van der Waals surface area (Å²) in [5, 5.41) is 0. The summed E-state index contributed by atoms with van der Waals surface area (Å²) in [6.45, 7) is 3.89. The van der Waals surface area contributed by atoms with Gasteiger partial charge in [0, 0.05) is 17.3 Å². The van der Waals surface area contributed by atoms with Crippen molar-refractivity contribution in [3.63, 3.8) is 0 Å². The highest BCUT2D eigenvalue weighted by molar-refractivity contribution is 9.10. The fraction of sp³-hybridized carbons (Fsp3) is 0.500. The van der Waals surface area contributed by atoms with Crippen molar-refractivity contribution in [1.29, 1.82) is 0 Å². The summed E-state index contributed by atoms with van der Waals surface area (Å²) in [5.74, 6) is -1.07. The molecule has 110 valence electrons. The largest absolute Gasteiger partial charge is 0.459 e. The van der Waals surface area contributed by atoms with Crippen LogP contribution in [0.4, 0.5) is 10.1 Å². The first kappa shape index (κ1) is 15.3. The van der Waals surface area contributed by atoms with Gasteiger partial charge in [-0.3, -0.25) is 0 Å². The predicted molar refractivity (Wildman–Crippen MR) is 77.0 cm³/mol. The summed E-state index contributed by atoms with van der Waals surface area (Å²) < 4.78 is 24.7. The van der Waals surface area contributed by atoms with E-state index in [-0.39, 0.29) is 29.6 Å². The summed E-state index contributed by atoms with van der Waals surface area (Å²) >= 11 is 3.15. The van der Waals surface area contributed by atoms with Crippen LogP contribution in [0.1, 0.15) is 37.0 Å². The monoisotopic (exact) mass is 345 g/mol. The van der Waals surface area contributed by atoms with E-state index in [0.717, 1.165) is 0 Å². The summed E-state index contributed by atoms with van der Waals surface area (Å²) in [5.41, 5.74) is 5.64. The van der Waals surface area contributed by atoms with Gasteiger partial charge in [-0.1, -0.05) is 0 Å². The average molecular weight is 346 g/mol. The first-order chi connectivity index (χ1) is 9.36. The SMILES string of the molecule is CC1CC(OC(=O)c2cc(N)c(F)cc2Br)CC(C)O1. The maximum atomic E-state index is 13.3. The van der Waals surface area contributed by atoms with E-state index in [1.54, 1.807) is 0 Å². The molecule has 0 radical (unpaired) electrons. The van der Waals surface area contributed by atoms with E-state index < -0.39 is 11.8 Å². The molecule has 0 saturated carbocycles. The minimum Gasteiger partial charge on any atom is -0.459 e. The van der Waals surface area contributed by atoms with E-state index in [1.165, 1.54) is 12.1 Å². The minimum atomic E-state index is -0.568. The molecule has 1 aliphatic rings. The zero-order chi connectivity index (χ0) is 14.9. The molecule has 0 aliphatic carbocycles. The summed E-state index contributed by atoms with van der Waals surface area (Å²) in [4.78, 5) is 12.1. The van der Waals surface area contributed by atoms with Crippen molar-refractivity contribution >= 4 is 27.6 Å². The number of halogens is 2. The van der Waals surface area contributed by atoms with Crippen molar-refractivity contribution in [2.45, 2.75) is 45.0 Å². The second kappa shape index (κ2) is 6.10. The van der Waals surface area contributed by atoms with Crippen LogP contribution in [-0.4, -0.2) is 24.3 Å². The molecule has 2 unspecified atom stereocenters. The normalized spacial score (nSPS) is 26.3. The van der Waals surface area contributed by atoms with Crippen molar-refractivity contribution in [1.82, 2.24) is 0 Å². The smallest absolute Gasteiger partial charge is 0.339 e. The van der Waals surface area contributed by atoms with E-state index in [9.17, 15) is 9.18 Å². The summed E-state index contributed by atoms with van der Waals surface area (Å²) in [7, 11) is 0. The first-order valence-corrected chi connectivity index (χ1v) is 7.27. The number of nitrogen functional groups attached to an aromatic ring is 1. The first-order valence-electron chi connectivity index (χ1n) is 6.47. The van der Waals surface area contributed by atoms with E-state index in [0.29, 0.717) is 17.3 Å². The van der Waals surface area contributed by atoms with Crippen LogP contribution in [0.3, 0.4) is 0 Å². The van der Waals surface area contributed by atoms with Gasteiger partial charge in [-0.15, -0.1) is 0 Å². The molecular weight excluding hydrogens is 329 g/mol. The van der Waals surface area contributed by atoms with Gasteiger partial charge in [0.1, 0.15) is 11.9 Å². The molecule has 1 heterocycles. The van der Waals surface area contributed by atoms with Gasteiger partial charge in [0.05, 0.1) is 23.5 Å². The van der Waals surface area contributed by atoms with Crippen LogP contribution in [0.15, 0.2) is 16.6 Å². The minimum absolute atomic E-state index is 0.0540. The highest BCUT2D eigenvalue weighted by atomic mass is 79.9. The van der Waals surface area contributed by atoms with Crippen LogP contribution in [0.5, 0.6) is 0 Å². The van der Waals surface area contributed by atoms with Crippen LogP contribution < -0.4 is 5.73 Å². The number of hydrogen-bond donors (Lipinski definition) is 1. The zero-order valence-electron chi connectivity index (χ0n) is 11.4. The highest BCUT2D eigenvalue weighted by Gasteiger charge is 2.28. The zero-order valence-corrected chi connectivity index (χ0v) is 12.9. The molecule has 2 N–H and O–H groups in total. The van der Waals surface area contributed by atoms with Crippen LogP contribution in [0.2, 0.25) is 0 Å². The Bertz CT molecular complexity index is 513. The Labute approximate surface area is 125 Å². The predicted octanol–water partition coefficient (Wildman–Crippen LogP) is 3.28. The Hall–Kier alpha value is -1.14. The molecule has 1 aromatic rings. The Morgan fingerprint density at radius 1 is 1.40 bits per heavy atom. The Morgan fingerprint density at radius 2 is 2.00 bits per heavy atom. The van der Waals surface area contributed by atoms with Crippen molar-refractivity contribution in [3.05, 3.63) is 28.0 Å². The fourth-order valence-electron chi connectivity index (χ4n) is 2.38. The van der Waals surface area contributed by atoms with Gasteiger partial charge in [-0.2, -0.15) is 0 Å². The molecule has 6 heteroatoms. The molecule has 1 saturated heterocycles. The average Bonchev–Trinajstić information content (AvgIpc) is 2.32. The van der Waals surface area contributed by atoms with Crippen molar-refractivity contribution in [2.75, 3.05) is 5.73 Å². The van der Waals surface area contributed by atoms with Gasteiger partial charge < -0.3 is 15.2 Å². The third-order valence-electron chi connectivity index (χ3n) is 3.23. The number of carbonyl (C=O) groups is 1. The summed E-state index contributed by atoms with van der Waals surface area (Å²) in [6, 6.07) is 2.45. The third-order valence-corrected chi connectivity index (χ3v) is 3.89. The highest BCUT2D eigenvalue weighted by Crippen LogP contribution is 2.26. The molecule has 1 fully saturated rings. The molecule has 0 bridgehead atoms. The lowest BCUT2D eigenvalue weighted by Gasteiger charge is -2.31. The number of rotatable bonds is 2. The maximum absolute atomic E-state index is 13.3. The third kappa shape index (κ3) is 3.49.